The fourth-order valence-electron chi connectivity index (χ4n) is 4.84. The second-order valence-corrected chi connectivity index (χ2v) is 10.5. The first-order valence-corrected chi connectivity index (χ1v) is 14.9. The molecule has 0 spiro atoms. The molecule has 0 aliphatic rings. The summed E-state index contributed by atoms with van der Waals surface area (Å²) in [5.41, 5.74) is 0. The van der Waals surface area contributed by atoms with E-state index in [0.29, 0.717) is 24.9 Å². The molecule has 4 nitrogen and oxygen atoms in total. The normalized spacial score (nSPS) is 14.0. The van der Waals surface area contributed by atoms with Crippen LogP contribution in [0.4, 0.5) is 0 Å². The minimum absolute atomic E-state index is 0.0613. The molecule has 3 unspecified atom stereocenters. The summed E-state index contributed by atoms with van der Waals surface area (Å²) in [5, 5.41) is 8.68. The van der Waals surface area contributed by atoms with Crippen LogP contribution in [0.25, 0.3) is 0 Å². The minimum atomic E-state index is -0.681. The van der Waals surface area contributed by atoms with Gasteiger partial charge in [-0.25, -0.2) is 0 Å². The molecule has 1 N–H and O–H groups in total. The third-order valence-corrected chi connectivity index (χ3v) is 7.44. The lowest BCUT2D eigenvalue weighted by molar-refractivity contribution is -0.151. The molecule has 0 aromatic heterocycles. The summed E-state index contributed by atoms with van der Waals surface area (Å²) < 4.78 is 5.89. The van der Waals surface area contributed by atoms with E-state index in [2.05, 4.69) is 27.7 Å². The van der Waals surface area contributed by atoms with Gasteiger partial charge in [0.05, 0.1) is 12.5 Å². The van der Waals surface area contributed by atoms with Crippen molar-refractivity contribution in [2.45, 2.75) is 156 Å². The van der Waals surface area contributed by atoms with E-state index in [1.807, 2.05) is 0 Å². The average molecular weight is 483 g/mol. The van der Waals surface area contributed by atoms with Crippen molar-refractivity contribution >= 4 is 11.9 Å². The summed E-state index contributed by atoms with van der Waals surface area (Å²) >= 11 is 0. The van der Waals surface area contributed by atoms with Gasteiger partial charge in [-0.2, -0.15) is 0 Å². The lowest BCUT2D eigenvalue weighted by Crippen LogP contribution is -2.23. The number of esters is 1. The van der Waals surface area contributed by atoms with Gasteiger partial charge in [-0.3, -0.25) is 9.59 Å². The third-order valence-electron chi connectivity index (χ3n) is 7.44. The zero-order chi connectivity index (χ0) is 25.4. The Balaban J connectivity index is 4.36. The summed E-state index contributed by atoms with van der Waals surface area (Å²) in [4.78, 5) is 23.6. The summed E-state index contributed by atoms with van der Waals surface area (Å²) in [6, 6.07) is 0. The lowest BCUT2D eigenvalue weighted by atomic mass is 9.86. The van der Waals surface area contributed by atoms with Gasteiger partial charge in [0.1, 0.15) is 0 Å². The van der Waals surface area contributed by atoms with Crippen LogP contribution >= 0.6 is 0 Å². The van der Waals surface area contributed by atoms with E-state index in [4.69, 9.17) is 9.84 Å². The van der Waals surface area contributed by atoms with Crippen molar-refractivity contribution in [3.63, 3.8) is 0 Å². The number of ether oxygens (including phenoxy) is 1. The summed E-state index contributed by atoms with van der Waals surface area (Å²) in [7, 11) is 0. The summed E-state index contributed by atoms with van der Waals surface area (Å²) in [6.45, 7) is 9.54. The number of carbonyl (C=O) groups is 2. The Labute approximate surface area is 212 Å². The quantitative estimate of drug-likeness (QED) is 0.104. The van der Waals surface area contributed by atoms with Crippen LogP contribution in [-0.4, -0.2) is 23.7 Å². The smallest absolute Gasteiger partial charge is 0.308 e. The highest BCUT2D eigenvalue weighted by Gasteiger charge is 2.24. The van der Waals surface area contributed by atoms with E-state index in [0.717, 1.165) is 51.4 Å². The van der Waals surface area contributed by atoms with E-state index in [9.17, 15) is 9.59 Å². The number of hydrogen-bond acceptors (Lipinski definition) is 3. The zero-order valence-corrected chi connectivity index (χ0v) is 23.3. The van der Waals surface area contributed by atoms with Crippen LogP contribution in [0.1, 0.15) is 156 Å². The van der Waals surface area contributed by atoms with Gasteiger partial charge in [-0.1, -0.05) is 124 Å². The van der Waals surface area contributed by atoms with E-state index in [-0.39, 0.29) is 11.9 Å². The molecule has 202 valence electrons. The molecule has 0 saturated carbocycles. The summed E-state index contributed by atoms with van der Waals surface area (Å²) in [6.07, 6.45) is 22.1. The van der Waals surface area contributed by atoms with Gasteiger partial charge in [-0.15, -0.1) is 0 Å². The number of carbonyl (C=O) groups excluding carboxylic acids is 1. The highest BCUT2D eigenvalue weighted by atomic mass is 16.5. The largest absolute Gasteiger partial charge is 0.481 e. The Hall–Kier alpha value is -1.06. The molecule has 0 heterocycles. The van der Waals surface area contributed by atoms with Crippen LogP contribution in [0.3, 0.4) is 0 Å². The fourth-order valence-corrected chi connectivity index (χ4v) is 4.84. The van der Waals surface area contributed by atoms with Crippen LogP contribution in [0.2, 0.25) is 0 Å². The molecular formula is C30H58O4. The number of rotatable bonds is 25. The third kappa shape index (κ3) is 19.3. The van der Waals surface area contributed by atoms with Crippen molar-refractivity contribution in [2.24, 2.45) is 17.8 Å². The van der Waals surface area contributed by atoms with Crippen molar-refractivity contribution in [2.75, 3.05) is 6.61 Å². The number of carboxylic acid groups (broad SMARTS) is 1. The second kappa shape index (κ2) is 23.7. The van der Waals surface area contributed by atoms with Gasteiger partial charge in [0.15, 0.2) is 0 Å². The maximum Gasteiger partial charge on any atom is 0.308 e. The Morgan fingerprint density at radius 2 is 1.15 bits per heavy atom. The van der Waals surface area contributed by atoms with Crippen LogP contribution < -0.4 is 0 Å². The number of aliphatic carboxylic acids is 1. The van der Waals surface area contributed by atoms with E-state index < -0.39 is 5.97 Å². The number of unbranched alkanes of at least 4 members (excludes halogenated alkanes) is 10. The van der Waals surface area contributed by atoms with Crippen LogP contribution in [0, 0.1) is 17.8 Å². The first-order chi connectivity index (χ1) is 16.5. The molecule has 0 fully saturated rings. The molecule has 34 heavy (non-hydrogen) atoms. The van der Waals surface area contributed by atoms with Gasteiger partial charge in [0.25, 0.3) is 0 Å². The Morgan fingerprint density at radius 3 is 1.65 bits per heavy atom. The molecule has 0 radical (unpaired) electrons. The zero-order valence-electron chi connectivity index (χ0n) is 23.3. The highest BCUT2D eigenvalue weighted by molar-refractivity contribution is 5.72. The van der Waals surface area contributed by atoms with E-state index >= 15 is 0 Å². The van der Waals surface area contributed by atoms with Crippen molar-refractivity contribution in [1.82, 2.24) is 0 Å². The number of carboxylic acids is 1. The Morgan fingerprint density at radius 1 is 0.647 bits per heavy atom. The van der Waals surface area contributed by atoms with Gasteiger partial charge in [-0.05, 0) is 37.5 Å². The molecule has 0 aromatic carbocycles. The van der Waals surface area contributed by atoms with Crippen LogP contribution in [0.5, 0.6) is 0 Å². The second-order valence-electron chi connectivity index (χ2n) is 10.5. The topological polar surface area (TPSA) is 63.6 Å². The molecule has 0 aliphatic carbocycles. The SMILES string of the molecule is CCCCC(CC)COC(=O)C(CCCCCCCCCCCC(=O)O)CC(CC)CCCC. The first kappa shape index (κ1) is 32.9. The molecule has 0 rings (SSSR count). The van der Waals surface area contributed by atoms with Crippen LogP contribution in [0.15, 0.2) is 0 Å². The predicted molar refractivity (Wildman–Crippen MR) is 144 cm³/mol. The van der Waals surface area contributed by atoms with Gasteiger partial charge < -0.3 is 9.84 Å². The van der Waals surface area contributed by atoms with E-state index in [1.54, 1.807) is 0 Å². The Bertz CT molecular complexity index is 476. The standard InChI is InChI=1S/C30H58O4/c1-5-9-20-26(7-3)24-28(30(33)34-25-27(8-4)21-10-6-2)22-18-16-14-12-11-13-15-17-19-23-29(31)32/h26-28H,5-25H2,1-4H3,(H,31,32). The van der Waals surface area contributed by atoms with E-state index in [1.165, 1.54) is 70.6 Å². The first-order valence-electron chi connectivity index (χ1n) is 14.9. The maximum absolute atomic E-state index is 13.0. The van der Waals surface area contributed by atoms with Crippen molar-refractivity contribution < 1.29 is 19.4 Å². The fraction of sp³-hybridized carbons (Fsp3) is 0.933. The van der Waals surface area contributed by atoms with Crippen LogP contribution in [-0.2, 0) is 14.3 Å². The molecule has 0 saturated heterocycles. The average Bonchev–Trinajstić information content (AvgIpc) is 2.83. The Kier molecular flexibility index (Phi) is 22.9. The molecule has 0 bridgehead atoms. The molecule has 3 atom stereocenters. The monoisotopic (exact) mass is 482 g/mol. The van der Waals surface area contributed by atoms with Crippen molar-refractivity contribution in [1.29, 1.82) is 0 Å². The van der Waals surface area contributed by atoms with Crippen molar-refractivity contribution in [3.8, 4) is 0 Å². The van der Waals surface area contributed by atoms with Crippen molar-refractivity contribution in [3.05, 3.63) is 0 Å². The highest BCUT2D eigenvalue weighted by Crippen LogP contribution is 2.27. The molecule has 4 heteroatoms. The van der Waals surface area contributed by atoms with Gasteiger partial charge in [0.2, 0.25) is 0 Å². The number of hydrogen-bond donors (Lipinski definition) is 1. The summed E-state index contributed by atoms with van der Waals surface area (Å²) in [5.74, 6) is 0.599. The maximum atomic E-state index is 13.0. The van der Waals surface area contributed by atoms with Gasteiger partial charge in [0, 0.05) is 6.42 Å². The predicted octanol–water partition coefficient (Wildman–Crippen LogP) is 9.34. The molecule has 0 aliphatic heterocycles. The minimum Gasteiger partial charge on any atom is -0.481 e. The molecule has 0 aromatic rings. The lowest BCUT2D eigenvalue weighted by Gasteiger charge is -2.23. The molecule has 0 amide bonds. The van der Waals surface area contributed by atoms with Gasteiger partial charge >= 0.3 is 11.9 Å². The molecular weight excluding hydrogens is 424 g/mol.